The first-order valence-corrected chi connectivity index (χ1v) is 6.30. The van der Waals surface area contributed by atoms with Gasteiger partial charge in [0.1, 0.15) is 0 Å². The predicted octanol–water partition coefficient (Wildman–Crippen LogP) is 1.29. The zero-order chi connectivity index (χ0) is 11.6. The van der Waals surface area contributed by atoms with E-state index >= 15 is 0 Å². The summed E-state index contributed by atoms with van der Waals surface area (Å²) in [5.41, 5.74) is 0.889. The largest absolute Gasteiger partial charge is 0.392 e. The van der Waals surface area contributed by atoms with E-state index in [1.807, 2.05) is 6.07 Å². The van der Waals surface area contributed by atoms with Crippen LogP contribution < -0.4 is 0 Å². The lowest BCUT2D eigenvalue weighted by Crippen LogP contribution is -1.99. The van der Waals surface area contributed by atoms with Gasteiger partial charge in [-0.1, -0.05) is 0 Å². The van der Waals surface area contributed by atoms with Gasteiger partial charge in [0, 0.05) is 10.7 Å². The number of hydrogen-bond acceptors (Lipinski definition) is 4. The van der Waals surface area contributed by atoms with E-state index in [1.54, 1.807) is 0 Å². The van der Waals surface area contributed by atoms with Gasteiger partial charge in [0.25, 0.3) is 9.05 Å². The number of aliphatic hydroxyl groups is 1. The van der Waals surface area contributed by atoms with Gasteiger partial charge in [-0.25, -0.2) is 8.42 Å². The molecule has 4 nitrogen and oxygen atoms in total. The number of hydrogen-bond donors (Lipinski definition) is 1. The molecule has 6 heteroatoms. The third-order valence-corrected chi connectivity index (χ3v) is 3.42. The smallest absolute Gasteiger partial charge is 0.261 e. The monoisotopic (exact) mass is 245 g/mol. The molecule has 1 aromatic rings. The van der Waals surface area contributed by atoms with Crippen LogP contribution in [0.4, 0.5) is 0 Å². The van der Waals surface area contributed by atoms with Gasteiger partial charge in [-0.15, -0.1) is 0 Å². The summed E-state index contributed by atoms with van der Waals surface area (Å²) in [6.07, 6.45) is 0. The van der Waals surface area contributed by atoms with E-state index in [9.17, 15) is 8.42 Å². The number of nitriles is 1. The quantitative estimate of drug-likeness (QED) is 0.797. The highest BCUT2D eigenvalue weighted by atomic mass is 35.7. The van der Waals surface area contributed by atoms with Crippen molar-refractivity contribution >= 4 is 19.7 Å². The lowest BCUT2D eigenvalue weighted by molar-refractivity contribution is 0.281. The Hall–Kier alpha value is -1.09. The van der Waals surface area contributed by atoms with Crippen LogP contribution >= 0.6 is 10.7 Å². The Balaban J connectivity index is 3.55. The van der Waals surface area contributed by atoms with Crippen molar-refractivity contribution in [2.45, 2.75) is 18.4 Å². The molecule has 0 spiro atoms. The summed E-state index contributed by atoms with van der Waals surface area (Å²) in [7, 11) is 1.36. The van der Waals surface area contributed by atoms with Crippen LogP contribution in [-0.4, -0.2) is 13.5 Å². The first-order valence-electron chi connectivity index (χ1n) is 3.99. The maximum Gasteiger partial charge on any atom is 0.261 e. The molecule has 0 fully saturated rings. The van der Waals surface area contributed by atoms with E-state index in [0.717, 1.165) is 0 Å². The molecule has 0 amide bonds. The highest BCUT2D eigenvalue weighted by Crippen LogP contribution is 2.23. The Morgan fingerprint density at radius 3 is 2.53 bits per heavy atom. The molecular formula is C9H8ClNO3S. The lowest BCUT2D eigenvalue weighted by Gasteiger charge is -2.06. The second kappa shape index (κ2) is 4.19. The minimum atomic E-state index is -3.84. The highest BCUT2D eigenvalue weighted by molar-refractivity contribution is 8.13. The predicted molar refractivity (Wildman–Crippen MR) is 54.9 cm³/mol. The zero-order valence-corrected chi connectivity index (χ0v) is 9.43. The molecular weight excluding hydrogens is 238 g/mol. The Kier molecular flexibility index (Phi) is 3.35. The number of halogens is 1. The van der Waals surface area contributed by atoms with E-state index in [0.29, 0.717) is 5.56 Å². The molecule has 0 aliphatic heterocycles. The van der Waals surface area contributed by atoms with Crippen molar-refractivity contribution in [1.82, 2.24) is 0 Å². The van der Waals surface area contributed by atoms with Gasteiger partial charge in [-0.05, 0) is 30.2 Å². The van der Waals surface area contributed by atoms with E-state index in [-0.39, 0.29) is 16.0 Å². The van der Waals surface area contributed by atoms with E-state index in [2.05, 4.69) is 0 Å². The van der Waals surface area contributed by atoms with Gasteiger partial charge in [0.05, 0.1) is 23.1 Å². The molecule has 0 saturated heterocycles. The number of rotatable bonds is 2. The molecule has 0 saturated carbocycles. The fourth-order valence-electron chi connectivity index (χ4n) is 1.23. The van der Waals surface area contributed by atoms with Gasteiger partial charge >= 0.3 is 0 Å². The summed E-state index contributed by atoms with van der Waals surface area (Å²) < 4.78 is 22.2. The molecule has 0 atom stereocenters. The summed E-state index contributed by atoms with van der Waals surface area (Å²) in [5, 5.41) is 17.7. The van der Waals surface area contributed by atoms with Crippen molar-refractivity contribution in [1.29, 1.82) is 5.26 Å². The first-order chi connectivity index (χ1) is 6.90. The molecule has 1 N–H and O–H groups in total. The molecule has 80 valence electrons. The van der Waals surface area contributed by atoms with Gasteiger partial charge in [-0.3, -0.25) is 0 Å². The van der Waals surface area contributed by atoms with Crippen LogP contribution in [-0.2, 0) is 15.7 Å². The Bertz CT molecular complexity index is 531. The van der Waals surface area contributed by atoms with Crippen LogP contribution in [0.15, 0.2) is 17.0 Å². The van der Waals surface area contributed by atoms with Crippen molar-refractivity contribution in [3.05, 3.63) is 28.8 Å². The maximum absolute atomic E-state index is 11.1. The number of nitrogens with zero attached hydrogens (tertiary/aromatic N) is 1. The Morgan fingerprint density at radius 2 is 2.13 bits per heavy atom. The Labute approximate surface area is 92.1 Å². The molecule has 0 unspecified atom stereocenters. The van der Waals surface area contributed by atoms with E-state index in [4.69, 9.17) is 21.1 Å². The highest BCUT2D eigenvalue weighted by Gasteiger charge is 2.16. The zero-order valence-electron chi connectivity index (χ0n) is 7.86. The van der Waals surface area contributed by atoms with Crippen molar-refractivity contribution in [3.8, 4) is 6.07 Å². The summed E-state index contributed by atoms with van der Waals surface area (Å²) in [4.78, 5) is -0.0767. The van der Waals surface area contributed by atoms with Crippen molar-refractivity contribution in [3.63, 3.8) is 0 Å². The van der Waals surface area contributed by atoms with Gasteiger partial charge in [-0.2, -0.15) is 5.26 Å². The molecule has 1 aromatic carbocycles. The number of aryl methyl sites for hydroxylation is 1. The van der Waals surface area contributed by atoms with Crippen LogP contribution in [0, 0.1) is 18.3 Å². The summed E-state index contributed by atoms with van der Waals surface area (Å²) in [6.45, 7) is 1.14. The first kappa shape index (κ1) is 12.0. The molecule has 0 aliphatic rings. The van der Waals surface area contributed by atoms with Gasteiger partial charge < -0.3 is 5.11 Å². The molecule has 0 radical (unpaired) electrons. The van der Waals surface area contributed by atoms with Crippen LogP contribution in [0.3, 0.4) is 0 Å². The molecule has 1 rings (SSSR count). The molecule has 0 heterocycles. The van der Waals surface area contributed by atoms with Gasteiger partial charge in [0.15, 0.2) is 0 Å². The number of aliphatic hydroxyl groups excluding tert-OH is 1. The van der Waals surface area contributed by atoms with Crippen molar-refractivity contribution in [2.75, 3.05) is 0 Å². The lowest BCUT2D eigenvalue weighted by atomic mass is 10.1. The van der Waals surface area contributed by atoms with Crippen molar-refractivity contribution in [2.24, 2.45) is 0 Å². The second-order valence-corrected chi connectivity index (χ2v) is 5.52. The maximum atomic E-state index is 11.1. The SMILES string of the molecule is Cc1cc(C#N)c(CO)cc1S(=O)(=O)Cl. The van der Waals surface area contributed by atoms with E-state index < -0.39 is 15.7 Å². The topological polar surface area (TPSA) is 78.2 Å². The van der Waals surface area contributed by atoms with Crippen LogP contribution in [0.2, 0.25) is 0 Å². The van der Waals surface area contributed by atoms with E-state index in [1.165, 1.54) is 19.1 Å². The van der Waals surface area contributed by atoms with Crippen molar-refractivity contribution < 1.29 is 13.5 Å². The van der Waals surface area contributed by atoms with Crippen LogP contribution in [0.1, 0.15) is 16.7 Å². The molecule has 0 aromatic heterocycles. The minimum absolute atomic E-state index is 0.0767. The fraction of sp³-hybridized carbons (Fsp3) is 0.222. The van der Waals surface area contributed by atoms with Crippen LogP contribution in [0.25, 0.3) is 0 Å². The molecule has 0 aliphatic carbocycles. The summed E-state index contributed by atoms with van der Waals surface area (Å²) in [6, 6.07) is 4.48. The number of benzene rings is 1. The van der Waals surface area contributed by atoms with Gasteiger partial charge in [0.2, 0.25) is 0 Å². The summed E-state index contributed by atoms with van der Waals surface area (Å²) >= 11 is 0. The third kappa shape index (κ3) is 2.48. The average Bonchev–Trinajstić information content (AvgIpc) is 2.15. The molecule has 0 bridgehead atoms. The summed E-state index contributed by atoms with van der Waals surface area (Å²) in [5.74, 6) is 0. The normalized spacial score (nSPS) is 11.1. The fourth-order valence-corrected chi connectivity index (χ4v) is 2.45. The molecule has 15 heavy (non-hydrogen) atoms. The average molecular weight is 246 g/mol. The van der Waals surface area contributed by atoms with Crippen LogP contribution in [0.5, 0.6) is 0 Å². The third-order valence-electron chi connectivity index (χ3n) is 1.95. The Morgan fingerprint density at radius 1 is 1.53 bits per heavy atom. The second-order valence-electron chi connectivity index (χ2n) is 2.98. The minimum Gasteiger partial charge on any atom is -0.392 e. The standard InChI is InChI=1S/C9H8ClNO3S/c1-6-2-7(4-11)8(5-12)3-9(6)15(10,13)14/h2-3,12H,5H2,1H3.